The third-order valence-corrected chi connectivity index (χ3v) is 3.13. The first kappa shape index (κ1) is 11.1. The zero-order chi connectivity index (χ0) is 11.7. The van der Waals surface area contributed by atoms with Gasteiger partial charge >= 0.3 is 0 Å². The quantitative estimate of drug-likeness (QED) is 0.815. The van der Waals surface area contributed by atoms with E-state index in [1.807, 2.05) is 20.9 Å². The summed E-state index contributed by atoms with van der Waals surface area (Å²) < 4.78 is 5.07. The molecule has 1 fully saturated rings. The summed E-state index contributed by atoms with van der Waals surface area (Å²) in [6, 6.07) is -0.0568. The van der Waals surface area contributed by atoms with Crippen LogP contribution in [0.25, 0.3) is 0 Å². The van der Waals surface area contributed by atoms with E-state index >= 15 is 0 Å². The smallest absolute Gasteiger partial charge is 0.239 e. The summed E-state index contributed by atoms with van der Waals surface area (Å²) in [6.07, 6.45) is 0.874. The van der Waals surface area contributed by atoms with Crippen molar-refractivity contribution in [3.8, 4) is 0 Å². The van der Waals surface area contributed by atoms with E-state index in [4.69, 9.17) is 4.52 Å². The molecule has 1 amide bonds. The van der Waals surface area contributed by atoms with E-state index in [0.29, 0.717) is 6.54 Å². The van der Waals surface area contributed by atoms with Crippen LogP contribution < -0.4 is 5.32 Å². The van der Waals surface area contributed by atoms with Gasteiger partial charge in [-0.3, -0.25) is 4.79 Å². The molecule has 1 atom stereocenters. The van der Waals surface area contributed by atoms with E-state index in [9.17, 15) is 4.79 Å². The fourth-order valence-electron chi connectivity index (χ4n) is 1.99. The van der Waals surface area contributed by atoms with Crippen LogP contribution in [0.4, 0.5) is 0 Å². The first-order chi connectivity index (χ1) is 7.59. The molecule has 0 bridgehead atoms. The topological polar surface area (TPSA) is 58.4 Å². The summed E-state index contributed by atoms with van der Waals surface area (Å²) in [5.74, 6) is 0.996. The summed E-state index contributed by atoms with van der Waals surface area (Å²) in [4.78, 5) is 13.4. The fraction of sp³-hybridized carbons (Fsp3) is 0.636. The Morgan fingerprint density at radius 1 is 1.56 bits per heavy atom. The van der Waals surface area contributed by atoms with E-state index in [0.717, 1.165) is 30.0 Å². The molecule has 1 unspecified atom stereocenters. The van der Waals surface area contributed by atoms with Crippen molar-refractivity contribution < 1.29 is 9.32 Å². The molecule has 0 saturated carbocycles. The summed E-state index contributed by atoms with van der Waals surface area (Å²) in [6.45, 7) is 5.28. The van der Waals surface area contributed by atoms with Crippen molar-refractivity contribution >= 4 is 5.91 Å². The van der Waals surface area contributed by atoms with Crippen molar-refractivity contribution in [1.29, 1.82) is 0 Å². The van der Waals surface area contributed by atoms with Gasteiger partial charge in [0.2, 0.25) is 5.91 Å². The van der Waals surface area contributed by atoms with Crippen LogP contribution >= 0.6 is 0 Å². The van der Waals surface area contributed by atoms with Crippen molar-refractivity contribution in [2.45, 2.75) is 32.9 Å². The third-order valence-electron chi connectivity index (χ3n) is 3.13. The molecule has 1 aromatic rings. The summed E-state index contributed by atoms with van der Waals surface area (Å²) in [7, 11) is 1.83. The zero-order valence-corrected chi connectivity index (χ0v) is 9.91. The van der Waals surface area contributed by atoms with Gasteiger partial charge in [-0.05, 0) is 20.3 Å². The lowest BCUT2D eigenvalue weighted by molar-refractivity contribution is -0.128. The molecule has 0 radical (unpaired) electrons. The van der Waals surface area contributed by atoms with Crippen LogP contribution in [0.15, 0.2) is 4.52 Å². The molecule has 1 aliphatic heterocycles. The van der Waals surface area contributed by atoms with Crippen LogP contribution in [0.3, 0.4) is 0 Å². The van der Waals surface area contributed by atoms with E-state index < -0.39 is 0 Å². The lowest BCUT2D eigenvalue weighted by Crippen LogP contribution is -2.36. The highest BCUT2D eigenvalue weighted by Crippen LogP contribution is 2.14. The van der Waals surface area contributed by atoms with Gasteiger partial charge in [0.05, 0.1) is 11.7 Å². The van der Waals surface area contributed by atoms with Gasteiger partial charge < -0.3 is 14.7 Å². The Balaban J connectivity index is 1.96. The van der Waals surface area contributed by atoms with Gasteiger partial charge in [0.1, 0.15) is 5.76 Å². The normalized spacial score (nSPS) is 20.8. The van der Waals surface area contributed by atoms with Gasteiger partial charge in [0.15, 0.2) is 0 Å². The van der Waals surface area contributed by atoms with E-state index in [1.54, 1.807) is 4.90 Å². The van der Waals surface area contributed by atoms with Crippen molar-refractivity contribution in [3.63, 3.8) is 0 Å². The van der Waals surface area contributed by atoms with Crippen molar-refractivity contribution in [2.75, 3.05) is 13.6 Å². The molecule has 88 valence electrons. The van der Waals surface area contributed by atoms with Crippen LogP contribution in [0.1, 0.15) is 23.4 Å². The molecule has 5 heteroatoms. The van der Waals surface area contributed by atoms with Gasteiger partial charge in [-0.25, -0.2) is 0 Å². The van der Waals surface area contributed by atoms with Crippen LogP contribution in [-0.2, 0) is 11.3 Å². The minimum absolute atomic E-state index is 0.0568. The number of aromatic nitrogens is 1. The maximum atomic E-state index is 11.7. The number of aryl methyl sites for hydroxylation is 2. The monoisotopic (exact) mass is 223 g/mol. The highest BCUT2D eigenvalue weighted by molar-refractivity contribution is 5.83. The Labute approximate surface area is 94.8 Å². The van der Waals surface area contributed by atoms with E-state index in [2.05, 4.69) is 10.5 Å². The third kappa shape index (κ3) is 1.95. The molecular formula is C11H17N3O2. The molecule has 0 spiro atoms. The standard InChI is InChI=1S/C11H17N3O2/c1-7-9(8(2)16-13-7)6-12-10-4-5-14(3)11(10)15/h10,12H,4-6H2,1-3H3. The predicted molar refractivity (Wildman–Crippen MR) is 58.9 cm³/mol. The molecule has 0 aromatic carbocycles. The molecule has 2 heterocycles. The number of carbonyl (C=O) groups excluding carboxylic acids is 1. The zero-order valence-electron chi connectivity index (χ0n) is 9.91. The second kappa shape index (κ2) is 4.25. The number of nitrogens with zero attached hydrogens (tertiary/aromatic N) is 2. The lowest BCUT2D eigenvalue weighted by atomic mass is 10.2. The number of amides is 1. The first-order valence-corrected chi connectivity index (χ1v) is 5.49. The molecule has 1 N–H and O–H groups in total. The highest BCUT2D eigenvalue weighted by atomic mass is 16.5. The first-order valence-electron chi connectivity index (χ1n) is 5.49. The van der Waals surface area contributed by atoms with Crippen molar-refractivity contribution in [1.82, 2.24) is 15.4 Å². The lowest BCUT2D eigenvalue weighted by Gasteiger charge is -2.11. The van der Waals surface area contributed by atoms with Gasteiger partial charge in [-0.1, -0.05) is 5.16 Å². The molecule has 0 aliphatic carbocycles. The number of hydrogen-bond acceptors (Lipinski definition) is 4. The molecule has 5 nitrogen and oxygen atoms in total. The molecule has 1 aromatic heterocycles. The maximum absolute atomic E-state index is 11.7. The van der Waals surface area contributed by atoms with Gasteiger partial charge in [0, 0.05) is 25.7 Å². The molecule has 16 heavy (non-hydrogen) atoms. The van der Waals surface area contributed by atoms with Crippen LogP contribution in [0, 0.1) is 13.8 Å². The van der Waals surface area contributed by atoms with Crippen LogP contribution in [-0.4, -0.2) is 35.6 Å². The second-order valence-electron chi connectivity index (χ2n) is 4.28. The molecule has 2 rings (SSSR count). The Bertz CT molecular complexity index is 380. The predicted octanol–water partition coefficient (Wildman–Crippen LogP) is 0.612. The average Bonchev–Trinajstić information content (AvgIpc) is 2.73. The largest absolute Gasteiger partial charge is 0.361 e. The number of hydrogen-bond donors (Lipinski definition) is 1. The Kier molecular flexibility index (Phi) is 2.96. The fourth-order valence-corrected chi connectivity index (χ4v) is 1.99. The average molecular weight is 223 g/mol. The number of nitrogens with one attached hydrogen (secondary N) is 1. The van der Waals surface area contributed by atoms with Crippen molar-refractivity contribution in [2.24, 2.45) is 0 Å². The molecular weight excluding hydrogens is 206 g/mol. The Morgan fingerprint density at radius 3 is 2.81 bits per heavy atom. The molecule has 1 saturated heterocycles. The Hall–Kier alpha value is -1.36. The highest BCUT2D eigenvalue weighted by Gasteiger charge is 2.28. The van der Waals surface area contributed by atoms with Gasteiger partial charge in [-0.15, -0.1) is 0 Å². The number of likely N-dealkylation sites (N-methyl/N-ethyl adjacent to an activating group) is 1. The summed E-state index contributed by atoms with van der Waals surface area (Å²) in [5.41, 5.74) is 1.95. The van der Waals surface area contributed by atoms with Crippen LogP contribution in [0.5, 0.6) is 0 Å². The van der Waals surface area contributed by atoms with E-state index in [-0.39, 0.29) is 11.9 Å². The summed E-state index contributed by atoms with van der Waals surface area (Å²) in [5, 5.41) is 7.14. The van der Waals surface area contributed by atoms with Crippen molar-refractivity contribution in [3.05, 3.63) is 17.0 Å². The van der Waals surface area contributed by atoms with E-state index in [1.165, 1.54) is 0 Å². The number of carbonyl (C=O) groups is 1. The molecule has 1 aliphatic rings. The number of likely N-dealkylation sites (tertiary alicyclic amines) is 1. The van der Waals surface area contributed by atoms with Gasteiger partial charge in [-0.2, -0.15) is 0 Å². The van der Waals surface area contributed by atoms with Gasteiger partial charge in [0.25, 0.3) is 0 Å². The number of rotatable bonds is 3. The Morgan fingerprint density at radius 2 is 2.31 bits per heavy atom. The minimum atomic E-state index is -0.0568. The SMILES string of the molecule is Cc1noc(C)c1CNC1CCN(C)C1=O. The van der Waals surface area contributed by atoms with Crippen LogP contribution in [0.2, 0.25) is 0 Å². The summed E-state index contributed by atoms with van der Waals surface area (Å²) >= 11 is 0. The maximum Gasteiger partial charge on any atom is 0.239 e. The minimum Gasteiger partial charge on any atom is -0.361 e. The second-order valence-corrected chi connectivity index (χ2v) is 4.28.